The highest BCUT2D eigenvalue weighted by Crippen LogP contribution is 2.31. The van der Waals surface area contributed by atoms with E-state index >= 15 is 0 Å². The summed E-state index contributed by atoms with van der Waals surface area (Å²) in [5, 5.41) is 18.4. The number of nitriles is 1. The van der Waals surface area contributed by atoms with E-state index < -0.39 is 0 Å². The van der Waals surface area contributed by atoms with Gasteiger partial charge in [-0.15, -0.1) is 0 Å². The molecule has 2 rings (SSSR count). The van der Waals surface area contributed by atoms with E-state index in [0.29, 0.717) is 16.5 Å². The molecule has 1 fully saturated rings. The minimum absolute atomic E-state index is 0.207. The summed E-state index contributed by atoms with van der Waals surface area (Å²) in [7, 11) is 0. The van der Waals surface area contributed by atoms with Crippen molar-refractivity contribution in [3.05, 3.63) is 28.8 Å². The average Bonchev–Trinajstić information content (AvgIpc) is 2.16. The van der Waals surface area contributed by atoms with Gasteiger partial charge in [-0.2, -0.15) is 5.26 Å². The highest BCUT2D eigenvalue weighted by molar-refractivity contribution is 6.32. The van der Waals surface area contributed by atoms with Crippen molar-refractivity contribution in [2.75, 3.05) is 24.6 Å². The van der Waals surface area contributed by atoms with Crippen LogP contribution in [0.2, 0.25) is 5.02 Å². The van der Waals surface area contributed by atoms with Gasteiger partial charge in [-0.05, 0) is 12.1 Å². The third-order valence-corrected chi connectivity index (χ3v) is 2.97. The molecular weight excluding hydrogens is 212 g/mol. The highest BCUT2D eigenvalue weighted by Gasteiger charge is 2.28. The summed E-state index contributed by atoms with van der Waals surface area (Å²) in [4.78, 5) is 2.06. The maximum absolute atomic E-state index is 8.98. The van der Waals surface area contributed by atoms with Crippen LogP contribution < -0.4 is 4.90 Å². The van der Waals surface area contributed by atoms with Crippen LogP contribution in [0.5, 0.6) is 0 Å². The maximum atomic E-state index is 8.98. The Labute approximate surface area is 93.5 Å². The minimum Gasteiger partial charge on any atom is -0.396 e. The Morgan fingerprint density at radius 2 is 2.27 bits per heavy atom. The van der Waals surface area contributed by atoms with Gasteiger partial charge in [0.1, 0.15) is 6.07 Å². The molecule has 0 unspecified atom stereocenters. The minimum atomic E-state index is 0.207. The Kier molecular flexibility index (Phi) is 2.81. The Balaban J connectivity index is 2.23. The van der Waals surface area contributed by atoms with Crippen LogP contribution in [0.15, 0.2) is 18.2 Å². The molecule has 0 saturated carbocycles. The Morgan fingerprint density at radius 3 is 2.87 bits per heavy atom. The molecule has 78 valence electrons. The van der Waals surface area contributed by atoms with Crippen LogP contribution in [-0.2, 0) is 0 Å². The first kappa shape index (κ1) is 10.3. The number of hydrogen-bond donors (Lipinski definition) is 1. The van der Waals surface area contributed by atoms with Crippen molar-refractivity contribution >= 4 is 17.3 Å². The molecule has 3 nitrogen and oxygen atoms in total. The average molecular weight is 223 g/mol. The third-order valence-electron chi connectivity index (χ3n) is 2.66. The monoisotopic (exact) mass is 222 g/mol. The lowest BCUT2D eigenvalue weighted by atomic mass is 9.99. The molecule has 0 bridgehead atoms. The van der Waals surface area contributed by atoms with Gasteiger partial charge in [0.25, 0.3) is 0 Å². The summed E-state index contributed by atoms with van der Waals surface area (Å²) < 4.78 is 0. The Morgan fingerprint density at radius 1 is 1.53 bits per heavy atom. The lowest BCUT2D eigenvalue weighted by Gasteiger charge is -2.40. The SMILES string of the molecule is N#Cc1c(Cl)cccc1N1CC(CO)C1. The van der Waals surface area contributed by atoms with Gasteiger partial charge in [0.05, 0.1) is 16.3 Å². The predicted molar refractivity (Wildman–Crippen MR) is 59.0 cm³/mol. The van der Waals surface area contributed by atoms with Crippen LogP contribution in [0.1, 0.15) is 5.56 Å². The second kappa shape index (κ2) is 4.09. The lowest BCUT2D eigenvalue weighted by Crippen LogP contribution is -2.48. The van der Waals surface area contributed by atoms with Crippen molar-refractivity contribution < 1.29 is 5.11 Å². The topological polar surface area (TPSA) is 47.3 Å². The number of aliphatic hydroxyl groups is 1. The van der Waals surface area contributed by atoms with Crippen molar-refractivity contribution in [3.8, 4) is 6.07 Å². The third kappa shape index (κ3) is 1.79. The number of halogens is 1. The van der Waals surface area contributed by atoms with E-state index in [4.69, 9.17) is 22.0 Å². The van der Waals surface area contributed by atoms with Gasteiger partial charge >= 0.3 is 0 Å². The van der Waals surface area contributed by atoms with E-state index in [2.05, 4.69) is 11.0 Å². The fourth-order valence-corrected chi connectivity index (χ4v) is 1.98. The van der Waals surface area contributed by atoms with E-state index in [1.165, 1.54) is 0 Å². The molecule has 0 atom stereocenters. The molecule has 1 N–H and O–H groups in total. The number of hydrogen-bond acceptors (Lipinski definition) is 3. The van der Waals surface area contributed by atoms with E-state index in [1.54, 1.807) is 6.07 Å². The van der Waals surface area contributed by atoms with Gasteiger partial charge in [-0.3, -0.25) is 0 Å². The van der Waals surface area contributed by atoms with Crippen LogP contribution >= 0.6 is 11.6 Å². The van der Waals surface area contributed by atoms with E-state index in [-0.39, 0.29) is 6.61 Å². The van der Waals surface area contributed by atoms with Gasteiger partial charge in [-0.1, -0.05) is 17.7 Å². The first-order valence-corrected chi connectivity index (χ1v) is 5.18. The van der Waals surface area contributed by atoms with Gasteiger partial charge in [0.15, 0.2) is 0 Å². The Hall–Kier alpha value is -1.24. The van der Waals surface area contributed by atoms with Crippen LogP contribution in [0.25, 0.3) is 0 Å². The molecule has 1 saturated heterocycles. The van der Waals surface area contributed by atoms with Crippen LogP contribution in [-0.4, -0.2) is 24.8 Å². The fourth-order valence-electron chi connectivity index (χ4n) is 1.77. The standard InChI is InChI=1S/C11H11ClN2O/c12-10-2-1-3-11(9(10)4-13)14-5-8(6-14)7-15/h1-3,8,15H,5-7H2. The van der Waals surface area contributed by atoms with Crippen molar-refractivity contribution in [3.63, 3.8) is 0 Å². The zero-order chi connectivity index (χ0) is 10.8. The lowest BCUT2D eigenvalue weighted by molar-refractivity contribution is 0.200. The van der Waals surface area contributed by atoms with E-state index in [9.17, 15) is 0 Å². The molecule has 0 spiro atoms. The molecule has 1 aromatic rings. The molecule has 0 amide bonds. The quantitative estimate of drug-likeness (QED) is 0.828. The molecule has 1 aromatic carbocycles. The van der Waals surface area contributed by atoms with Crippen LogP contribution in [0, 0.1) is 17.2 Å². The molecule has 1 aliphatic rings. The van der Waals surface area contributed by atoms with Crippen molar-refractivity contribution in [1.82, 2.24) is 0 Å². The molecule has 4 heteroatoms. The summed E-state index contributed by atoms with van der Waals surface area (Å²) in [5.74, 6) is 0.329. The number of nitrogens with zero attached hydrogens (tertiary/aromatic N) is 2. The maximum Gasteiger partial charge on any atom is 0.103 e. The number of aliphatic hydroxyl groups excluding tert-OH is 1. The molecule has 0 aromatic heterocycles. The predicted octanol–water partition coefficient (Wildman–Crippen LogP) is 1.64. The normalized spacial score (nSPS) is 15.9. The van der Waals surface area contributed by atoms with Crippen molar-refractivity contribution in [1.29, 1.82) is 5.26 Å². The molecular formula is C11H11ClN2O. The number of rotatable bonds is 2. The summed E-state index contributed by atoms with van der Waals surface area (Å²) in [6, 6.07) is 7.55. The molecule has 1 aliphatic heterocycles. The summed E-state index contributed by atoms with van der Waals surface area (Å²) >= 11 is 5.93. The second-order valence-corrected chi connectivity index (χ2v) is 4.11. The van der Waals surface area contributed by atoms with Crippen LogP contribution in [0.3, 0.4) is 0 Å². The number of anilines is 1. The van der Waals surface area contributed by atoms with E-state index in [0.717, 1.165) is 18.8 Å². The zero-order valence-electron chi connectivity index (χ0n) is 8.15. The number of benzene rings is 1. The molecule has 0 radical (unpaired) electrons. The van der Waals surface area contributed by atoms with Gasteiger partial charge in [-0.25, -0.2) is 0 Å². The van der Waals surface area contributed by atoms with Gasteiger partial charge < -0.3 is 10.0 Å². The summed E-state index contributed by atoms with van der Waals surface area (Å²) in [6.45, 7) is 1.80. The van der Waals surface area contributed by atoms with Crippen LogP contribution in [0.4, 0.5) is 5.69 Å². The molecule has 0 aliphatic carbocycles. The van der Waals surface area contributed by atoms with Gasteiger partial charge in [0, 0.05) is 25.6 Å². The highest BCUT2D eigenvalue weighted by atomic mass is 35.5. The molecule has 1 heterocycles. The van der Waals surface area contributed by atoms with E-state index in [1.807, 2.05) is 12.1 Å². The fraction of sp³-hybridized carbons (Fsp3) is 0.364. The molecule has 15 heavy (non-hydrogen) atoms. The van der Waals surface area contributed by atoms with Gasteiger partial charge in [0.2, 0.25) is 0 Å². The van der Waals surface area contributed by atoms with Crippen molar-refractivity contribution in [2.45, 2.75) is 0 Å². The summed E-state index contributed by atoms with van der Waals surface area (Å²) in [6.07, 6.45) is 0. The smallest absolute Gasteiger partial charge is 0.103 e. The first-order chi connectivity index (χ1) is 7.26. The van der Waals surface area contributed by atoms with Crippen molar-refractivity contribution in [2.24, 2.45) is 5.92 Å². The zero-order valence-corrected chi connectivity index (χ0v) is 8.91. The first-order valence-electron chi connectivity index (χ1n) is 4.80. The largest absolute Gasteiger partial charge is 0.396 e. The summed E-state index contributed by atoms with van der Waals surface area (Å²) in [5.41, 5.74) is 1.39. The Bertz CT molecular complexity index is 408. The second-order valence-electron chi connectivity index (χ2n) is 3.70.